The first-order valence-corrected chi connectivity index (χ1v) is 13.4. The van der Waals surface area contributed by atoms with E-state index in [1.807, 2.05) is 31.2 Å². The van der Waals surface area contributed by atoms with Crippen LogP contribution in [0.5, 0.6) is 0 Å². The Morgan fingerprint density at radius 1 is 1.00 bits per heavy atom. The third-order valence-corrected chi connectivity index (χ3v) is 7.38. The van der Waals surface area contributed by atoms with Gasteiger partial charge in [0.15, 0.2) is 10.9 Å². The number of rotatable bonds is 3. The number of aryl methyl sites for hydroxylation is 1. The van der Waals surface area contributed by atoms with Crippen LogP contribution < -0.4 is 10.9 Å². The summed E-state index contributed by atoms with van der Waals surface area (Å²) in [5.74, 6) is -0.348. The fourth-order valence-corrected chi connectivity index (χ4v) is 5.11. The van der Waals surface area contributed by atoms with Gasteiger partial charge in [-0.2, -0.15) is 0 Å². The largest absolute Gasteiger partial charge is 0.326 e. The van der Waals surface area contributed by atoms with Crippen molar-refractivity contribution in [3.05, 3.63) is 87.1 Å². The number of carbonyl (C=O) groups is 2. The molecule has 0 aliphatic carbocycles. The predicted octanol–water partition coefficient (Wildman–Crippen LogP) is 5.30. The summed E-state index contributed by atoms with van der Waals surface area (Å²) in [6.45, 7) is 1.87. The van der Waals surface area contributed by atoms with Gasteiger partial charge in [0.25, 0.3) is 5.56 Å². The predicted molar refractivity (Wildman–Crippen MR) is 149 cm³/mol. The van der Waals surface area contributed by atoms with Gasteiger partial charge in [0.1, 0.15) is 0 Å². The molecule has 0 radical (unpaired) electrons. The average Bonchev–Trinajstić information content (AvgIpc) is 3.36. The molecular weight excluding hydrogens is 539 g/mol. The molecule has 200 valence electrons. The van der Waals surface area contributed by atoms with Gasteiger partial charge in [0, 0.05) is 34.7 Å². The molecule has 2 aromatic carbocycles. The summed E-state index contributed by atoms with van der Waals surface area (Å²) in [5, 5.41) is 11.5. The molecule has 0 spiro atoms. The van der Waals surface area contributed by atoms with Crippen molar-refractivity contribution in [2.24, 2.45) is 5.92 Å². The summed E-state index contributed by atoms with van der Waals surface area (Å²) < 4.78 is 2.87. The lowest BCUT2D eigenvalue weighted by atomic mass is 9.94. The van der Waals surface area contributed by atoms with Crippen LogP contribution in [0.25, 0.3) is 16.9 Å². The number of halogens is 2. The van der Waals surface area contributed by atoms with E-state index in [-0.39, 0.29) is 34.7 Å². The van der Waals surface area contributed by atoms with Crippen LogP contribution in [0.2, 0.25) is 10.2 Å². The molecule has 11 heteroatoms. The Hall–Kier alpha value is -3.82. The number of ketones is 1. The van der Waals surface area contributed by atoms with E-state index < -0.39 is 6.04 Å². The molecule has 1 aliphatic rings. The second-order valence-corrected chi connectivity index (χ2v) is 10.5. The van der Waals surface area contributed by atoms with Crippen molar-refractivity contribution in [3.8, 4) is 16.9 Å². The van der Waals surface area contributed by atoms with Crippen molar-refractivity contribution >= 4 is 40.6 Å². The van der Waals surface area contributed by atoms with Gasteiger partial charge in [-0.1, -0.05) is 60.0 Å². The Bertz CT molecular complexity index is 1600. The fourth-order valence-electron chi connectivity index (χ4n) is 4.81. The van der Waals surface area contributed by atoms with Crippen molar-refractivity contribution in [2.45, 2.75) is 45.1 Å². The lowest BCUT2D eigenvalue weighted by molar-refractivity contribution is -0.122. The Morgan fingerprint density at radius 3 is 2.59 bits per heavy atom. The van der Waals surface area contributed by atoms with Crippen molar-refractivity contribution in [1.82, 2.24) is 24.5 Å². The summed E-state index contributed by atoms with van der Waals surface area (Å²) in [7, 11) is 0. The lowest BCUT2D eigenvalue weighted by Gasteiger charge is -2.22. The molecule has 2 atom stereocenters. The van der Waals surface area contributed by atoms with Gasteiger partial charge >= 0.3 is 0 Å². The molecule has 9 nitrogen and oxygen atoms in total. The number of Topliss-reactive ketones (excluding diaryl/α,β-unsaturated/α-hetero) is 1. The maximum Gasteiger partial charge on any atom is 0.254 e. The second-order valence-electron chi connectivity index (χ2n) is 9.63. The van der Waals surface area contributed by atoms with Crippen LogP contribution in [0.1, 0.15) is 44.2 Å². The number of hydrogen-bond donors (Lipinski definition) is 1. The first-order chi connectivity index (χ1) is 18.8. The molecule has 1 amide bonds. The number of para-hydroxylation sites is 1. The third kappa shape index (κ3) is 5.94. The summed E-state index contributed by atoms with van der Waals surface area (Å²) in [5.41, 5.74) is 2.77. The van der Waals surface area contributed by atoms with Gasteiger partial charge in [-0.25, -0.2) is 9.67 Å². The number of anilines is 1. The normalized spacial score (nSPS) is 18.5. The third-order valence-electron chi connectivity index (χ3n) is 6.97. The van der Waals surface area contributed by atoms with Crippen molar-refractivity contribution in [2.75, 3.05) is 5.32 Å². The Kier molecular flexibility index (Phi) is 7.90. The van der Waals surface area contributed by atoms with Crippen LogP contribution in [0, 0.1) is 5.92 Å². The minimum atomic E-state index is -0.686. The van der Waals surface area contributed by atoms with Crippen molar-refractivity contribution in [1.29, 1.82) is 0 Å². The number of amides is 1. The molecule has 3 heterocycles. The monoisotopic (exact) mass is 564 g/mol. The minimum absolute atomic E-state index is 0.0540. The van der Waals surface area contributed by atoms with E-state index in [1.54, 1.807) is 24.4 Å². The van der Waals surface area contributed by atoms with Crippen LogP contribution >= 0.6 is 23.2 Å². The lowest BCUT2D eigenvalue weighted by Crippen LogP contribution is -2.31. The topological polar surface area (TPSA) is 112 Å². The van der Waals surface area contributed by atoms with Gasteiger partial charge < -0.3 is 5.32 Å². The van der Waals surface area contributed by atoms with E-state index in [9.17, 15) is 14.4 Å². The average molecular weight is 565 g/mol. The summed E-state index contributed by atoms with van der Waals surface area (Å²) in [4.78, 5) is 44.1. The van der Waals surface area contributed by atoms with Crippen molar-refractivity contribution < 1.29 is 9.59 Å². The summed E-state index contributed by atoms with van der Waals surface area (Å²) >= 11 is 12.2. The van der Waals surface area contributed by atoms with E-state index >= 15 is 0 Å². The first kappa shape index (κ1) is 26.8. The molecule has 1 aliphatic heterocycles. The first-order valence-electron chi connectivity index (χ1n) is 12.7. The number of hydrogen-bond acceptors (Lipinski definition) is 6. The molecular formula is C28H26Cl2N6O3. The highest BCUT2D eigenvalue weighted by atomic mass is 35.5. The maximum absolute atomic E-state index is 13.5. The highest BCUT2D eigenvalue weighted by Gasteiger charge is 2.25. The van der Waals surface area contributed by atoms with Crippen molar-refractivity contribution in [3.63, 3.8) is 0 Å². The minimum Gasteiger partial charge on any atom is -0.326 e. The maximum atomic E-state index is 13.5. The van der Waals surface area contributed by atoms with Gasteiger partial charge in [-0.15, -0.1) is 5.10 Å². The highest BCUT2D eigenvalue weighted by molar-refractivity contribution is 6.31. The number of carbonyl (C=O) groups excluding carboxylic acids is 2. The number of nitrogens with zero attached hydrogens (tertiary/aromatic N) is 5. The highest BCUT2D eigenvalue weighted by Crippen LogP contribution is 2.29. The smallest absolute Gasteiger partial charge is 0.254 e. The summed E-state index contributed by atoms with van der Waals surface area (Å²) in [6.07, 6.45) is 5.25. The van der Waals surface area contributed by atoms with E-state index in [1.165, 1.54) is 21.6 Å². The molecule has 2 aromatic heterocycles. The molecule has 0 unspecified atom stereocenters. The number of fused-ring (bicyclic) bond motifs is 1. The van der Waals surface area contributed by atoms with Crippen LogP contribution in [-0.4, -0.2) is 36.2 Å². The zero-order chi connectivity index (χ0) is 27.5. The molecule has 5 rings (SSSR count). The molecule has 0 bridgehead atoms. The SMILES string of the molecule is C[C@@H]1CCC[C@H](n2cnc(-c3cc(Cl)ccc3-n3cc(Cl)nn3)cc2=O)C(=O)CCc2ccccc2NC1=O. The fraction of sp³-hybridized carbons (Fsp3) is 0.286. The molecule has 0 fully saturated rings. The molecule has 0 saturated carbocycles. The quantitative estimate of drug-likeness (QED) is 0.361. The zero-order valence-corrected chi connectivity index (χ0v) is 22.7. The standard InChI is InChI=1S/C28H26Cl2N6O3/c1-17-5-4-8-24(25(37)12-9-18-6-2-3-7-21(18)32-28(17)39)35-16-31-22(14-27(35)38)20-13-19(29)10-11-23(20)36-15-26(30)33-34-36/h2-3,6-7,10-11,13-17,24H,4-5,8-9,12H2,1H3,(H,32,39)/t17-,24+/m1/s1. The van der Waals surface area contributed by atoms with Crippen LogP contribution in [0.4, 0.5) is 5.69 Å². The summed E-state index contributed by atoms with van der Waals surface area (Å²) in [6, 6.07) is 13.3. The van der Waals surface area contributed by atoms with Crippen LogP contribution in [0.15, 0.2) is 65.8 Å². The van der Waals surface area contributed by atoms with E-state index in [2.05, 4.69) is 20.6 Å². The number of nitrogens with one attached hydrogen (secondary N) is 1. The Balaban J connectivity index is 1.48. The number of aromatic nitrogens is 5. The Labute approximate surface area is 234 Å². The van der Waals surface area contributed by atoms with Crippen LogP contribution in [0.3, 0.4) is 0 Å². The van der Waals surface area contributed by atoms with E-state index in [0.717, 1.165) is 5.56 Å². The van der Waals surface area contributed by atoms with E-state index in [0.29, 0.717) is 53.3 Å². The second kappa shape index (κ2) is 11.5. The molecule has 0 saturated heterocycles. The van der Waals surface area contributed by atoms with Gasteiger partial charge in [0.2, 0.25) is 5.91 Å². The van der Waals surface area contributed by atoms with Gasteiger partial charge in [-0.3, -0.25) is 19.0 Å². The van der Waals surface area contributed by atoms with Gasteiger partial charge in [-0.05, 0) is 49.1 Å². The number of benzene rings is 2. The van der Waals surface area contributed by atoms with E-state index in [4.69, 9.17) is 23.2 Å². The molecule has 4 aromatic rings. The molecule has 1 N–H and O–H groups in total. The Morgan fingerprint density at radius 2 is 1.82 bits per heavy atom. The zero-order valence-electron chi connectivity index (χ0n) is 21.2. The van der Waals surface area contributed by atoms with Gasteiger partial charge in [0.05, 0.1) is 29.9 Å². The van der Waals surface area contributed by atoms with Crippen LogP contribution in [-0.2, 0) is 16.0 Å². The molecule has 39 heavy (non-hydrogen) atoms.